The zero-order valence-corrected chi connectivity index (χ0v) is 15.7. The number of carbonyl (C=O) groups is 1. The largest absolute Gasteiger partial charge is 0.381 e. The van der Waals surface area contributed by atoms with E-state index in [0.29, 0.717) is 23.5 Å². The van der Waals surface area contributed by atoms with Crippen LogP contribution in [0.2, 0.25) is 0 Å². The van der Waals surface area contributed by atoms with Crippen molar-refractivity contribution in [2.45, 2.75) is 13.8 Å². The molecule has 1 amide bonds. The van der Waals surface area contributed by atoms with Gasteiger partial charge in [-0.15, -0.1) is 0 Å². The summed E-state index contributed by atoms with van der Waals surface area (Å²) < 4.78 is 14.3. The number of hydrogen-bond acceptors (Lipinski definition) is 4. The normalized spacial score (nSPS) is 14.4. The van der Waals surface area contributed by atoms with E-state index < -0.39 is 0 Å². The van der Waals surface area contributed by atoms with Gasteiger partial charge in [0.1, 0.15) is 5.82 Å². The van der Waals surface area contributed by atoms with Gasteiger partial charge in [-0.1, -0.05) is 32.0 Å². The van der Waals surface area contributed by atoms with Crippen molar-refractivity contribution in [2.24, 2.45) is 0 Å². The molecule has 0 saturated heterocycles. The van der Waals surface area contributed by atoms with Gasteiger partial charge in [0.15, 0.2) is 0 Å². The van der Waals surface area contributed by atoms with Crippen molar-refractivity contribution < 1.29 is 9.18 Å². The van der Waals surface area contributed by atoms with Crippen LogP contribution < -0.4 is 16.0 Å². The van der Waals surface area contributed by atoms with E-state index in [1.54, 1.807) is 18.3 Å². The van der Waals surface area contributed by atoms with Crippen molar-refractivity contribution in [1.82, 2.24) is 4.90 Å². The molecule has 1 aliphatic heterocycles. The monoisotopic (exact) mass is 368 g/mol. The van der Waals surface area contributed by atoms with E-state index in [4.69, 9.17) is 0 Å². The molecule has 2 aromatic rings. The number of nitrogens with one attached hydrogen (secondary N) is 3. The summed E-state index contributed by atoms with van der Waals surface area (Å²) >= 11 is 0. The molecule has 142 valence electrons. The Morgan fingerprint density at radius 2 is 1.93 bits per heavy atom. The van der Waals surface area contributed by atoms with Crippen LogP contribution in [0.25, 0.3) is 5.57 Å². The van der Waals surface area contributed by atoms with E-state index in [1.807, 2.05) is 24.3 Å². The average molecular weight is 368 g/mol. The molecule has 3 N–H and O–H groups in total. The zero-order valence-electron chi connectivity index (χ0n) is 15.7. The third kappa shape index (κ3) is 4.46. The minimum Gasteiger partial charge on any atom is -0.381 e. The van der Waals surface area contributed by atoms with Gasteiger partial charge < -0.3 is 20.9 Å². The van der Waals surface area contributed by atoms with E-state index in [0.717, 1.165) is 30.9 Å². The zero-order chi connectivity index (χ0) is 19.2. The molecule has 0 aromatic heterocycles. The second-order valence-corrected chi connectivity index (χ2v) is 6.35. The predicted octanol–water partition coefficient (Wildman–Crippen LogP) is 3.98. The lowest BCUT2D eigenvalue weighted by Gasteiger charge is -2.18. The number of halogens is 1. The maximum Gasteiger partial charge on any atom is 0.257 e. The number of benzene rings is 2. The fraction of sp³-hybridized carbons (Fsp3) is 0.286. The summed E-state index contributed by atoms with van der Waals surface area (Å²) in [6, 6.07) is 12.4. The second kappa shape index (κ2) is 8.68. The van der Waals surface area contributed by atoms with Gasteiger partial charge in [0.25, 0.3) is 5.91 Å². The lowest BCUT2D eigenvalue weighted by atomic mass is 10.1. The molecule has 27 heavy (non-hydrogen) atoms. The van der Waals surface area contributed by atoms with Crippen LogP contribution in [0.1, 0.15) is 19.4 Å². The quantitative estimate of drug-likeness (QED) is 0.617. The lowest BCUT2D eigenvalue weighted by molar-refractivity contribution is -0.110. The molecular weight excluding hydrogens is 343 g/mol. The molecule has 3 rings (SSSR count). The fourth-order valence-electron chi connectivity index (χ4n) is 3.07. The molecule has 0 radical (unpaired) electrons. The number of fused-ring (bicyclic) bond motifs is 1. The first-order chi connectivity index (χ1) is 13.1. The molecule has 0 atom stereocenters. The number of likely N-dealkylation sites (N-methyl/N-ethyl adjacent to an activating group) is 1. The van der Waals surface area contributed by atoms with Gasteiger partial charge >= 0.3 is 0 Å². The molecule has 0 aliphatic carbocycles. The molecule has 0 bridgehead atoms. The summed E-state index contributed by atoms with van der Waals surface area (Å²) in [7, 11) is 0. The van der Waals surface area contributed by atoms with Crippen molar-refractivity contribution in [3.8, 4) is 0 Å². The fourth-order valence-corrected chi connectivity index (χ4v) is 3.07. The standard InChI is InChI=1S/C21H25FN4O/c1-3-26(4-2)12-11-23-20-10-9-15(13-18(20)22)24-14-17-16-7-5-6-8-19(16)25-21(17)27/h5-10,13-14,23-24H,3-4,11-12H2,1-2H3,(H,25,27). The van der Waals surface area contributed by atoms with Gasteiger partial charge in [0.05, 0.1) is 11.3 Å². The van der Waals surface area contributed by atoms with Crippen molar-refractivity contribution in [2.75, 3.05) is 42.1 Å². The molecule has 2 aromatic carbocycles. The SMILES string of the molecule is CCN(CC)CCNc1ccc(NC=C2C(=O)Nc3ccccc32)cc1F. The topological polar surface area (TPSA) is 56.4 Å². The van der Waals surface area contributed by atoms with Crippen LogP contribution >= 0.6 is 0 Å². The Bertz CT molecular complexity index is 846. The third-order valence-corrected chi connectivity index (χ3v) is 4.70. The van der Waals surface area contributed by atoms with Gasteiger partial charge in [-0.3, -0.25) is 4.79 Å². The van der Waals surface area contributed by atoms with E-state index >= 15 is 0 Å². The van der Waals surface area contributed by atoms with Crippen LogP contribution in [0.4, 0.5) is 21.5 Å². The van der Waals surface area contributed by atoms with Crippen molar-refractivity contribution >= 4 is 28.5 Å². The first-order valence-corrected chi connectivity index (χ1v) is 9.25. The van der Waals surface area contributed by atoms with Crippen LogP contribution in [0, 0.1) is 5.82 Å². The van der Waals surface area contributed by atoms with E-state index in [1.165, 1.54) is 6.07 Å². The number of hydrogen-bond donors (Lipinski definition) is 3. The summed E-state index contributed by atoms with van der Waals surface area (Å²) in [5, 5.41) is 8.96. The Morgan fingerprint density at radius 1 is 1.15 bits per heavy atom. The number of rotatable bonds is 8. The summed E-state index contributed by atoms with van der Waals surface area (Å²) in [5.41, 5.74) is 3.22. The van der Waals surface area contributed by atoms with Crippen molar-refractivity contribution in [1.29, 1.82) is 0 Å². The smallest absolute Gasteiger partial charge is 0.257 e. The first kappa shape index (κ1) is 18.9. The highest BCUT2D eigenvalue weighted by Gasteiger charge is 2.23. The van der Waals surface area contributed by atoms with E-state index in [9.17, 15) is 9.18 Å². The third-order valence-electron chi connectivity index (χ3n) is 4.70. The molecule has 0 saturated carbocycles. The van der Waals surface area contributed by atoms with Gasteiger partial charge in [-0.2, -0.15) is 0 Å². The maximum atomic E-state index is 14.3. The minimum absolute atomic E-state index is 0.168. The van der Waals surface area contributed by atoms with E-state index in [-0.39, 0.29) is 11.7 Å². The van der Waals surface area contributed by atoms with Crippen LogP contribution in [-0.4, -0.2) is 37.0 Å². The van der Waals surface area contributed by atoms with Crippen LogP contribution in [-0.2, 0) is 4.79 Å². The van der Waals surface area contributed by atoms with Crippen molar-refractivity contribution in [3.63, 3.8) is 0 Å². The van der Waals surface area contributed by atoms with Gasteiger partial charge in [-0.05, 0) is 37.4 Å². The molecule has 0 fully saturated rings. The second-order valence-electron chi connectivity index (χ2n) is 6.35. The van der Waals surface area contributed by atoms with E-state index in [2.05, 4.69) is 34.7 Å². The molecule has 5 nitrogen and oxygen atoms in total. The van der Waals surface area contributed by atoms with Crippen LogP contribution in [0.5, 0.6) is 0 Å². The van der Waals surface area contributed by atoms with Crippen LogP contribution in [0.3, 0.4) is 0 Å². The molecule has 1 heterocycles. The first-order valence-electron chi connectivity index (χ1n) is 9.25. The number of amides is 1. The molecule has 6 heteroatoms. The average Bonchev–Trinajstić information content (AvgIpc) is 3.00. The summed E-state index contributed by atoms with van der Waals surface area (Å²) in [4.78, 5) is 14.4. The predicted molar refractivity (Wildman–Crippen MR) is 109 cm³/mol. The summed E-state index contributed by atoms with van der Waals surface area (Å²) in [6.45, 7) is 7.74. The number of carbonyl (C=O) groups excluding carboxylic acids is 1. The maximum absolute atomic E-state index is 14.3. The highest BCUT2D eigenvalue weighted by Crippen LogP contribution is 2.31. The minimum atomic E-state index is -0.325. The lowest BCUT2D eigenvalue weighted by Crippen LogP contribution is -2.28. The molecule has 0 unspecified atom stereocenters. The number of para-hydroxylation sites is 1. The highest BCUT2D eigenvalue weighted by atomic mass is 19.1. The Hall–Kier alpha value is -2.86. The Labute approximate surface area is 159 Å². The molecule has 0 spiro atoms. The summed E-state index contributed by atoms with van der Waals surface area (Å²) in [6.07, 6.45) is 1.61. The van der Waals surface area contributed by atoms with Gasteiger partial charge in [-0.25, -0.2) is 4.39 Å². The number of anilines is 3. The van der Waals surface area contributed by atoms with Gasteiger partial charge in [0, 0.05) is 36.2 Å². The van der Waals surface area contributed by atoms with Gasteiger partial charge in [0.2, 0.25) is 0 Å². The van der Waals surface area contributed by atoms with Crippen molar-refractivity contribution in [3.05, 3.63) is 60.0 Å². The number of nitrogens with zero attached hydrogens (tertiary/aromatic N) is 1. The Kier molecular flexibility index (Phi) is 6.08. The molecule has 1 aliphatic rings. The highest BCUT2D eigenvalue weighted by molar-refractivity contribution is 6.31. The van der Waals surface area contributed by atoms with Crippen LogP contribution in [0.15, 0.2) is 48.7 Å². The Morgan fingerprint density at radius 3 is 2.67 bits per heavy atom. The Balaban J connectivity index is 1.64. The summed E-state index contributed by atoms with van der Waals surface area (Å²) in [5.74, 6) is -0.493. The molecular formula is C21H25FN4O.